The van der Waals surface area contributed by atoms with Crippen molar-refractivity contribution in [2.75, 3.05) is 20.0 Å². The largest absolute Gasteiger partial charge is 0.493 e. The van der Waals surface area contributed by atoms with E-state index < -0.39 is 5.97 Å². The molecule has 5 nitrogen and oxygen atoms in total. The predicted octanol–water partition coefficient (Wildman–Crippen LogP) is 2.64. The Labute approximate surface area is 123 Å². The van der Waals surface area contributed by atoms with E-state index in [2.05, 4.69) is 4.74 Å². The third-order valence-electron chi connectivity index (χ3n) is 2.98. The summed E-state index contributed by atoms with van der Waals surface area (Å²) in [6.07, 6.45) is 0. The quantitative estimate of drug-likeness (QED) is 0.676. The lowest BCUT2D eigenvalue weighted by molar-refractivity contribution is 0.0601. The second-order valence-corrected chi connectivity index (χ2v) is 4.36. The molecule has 0 atom stereocenters. The lowest BCUT2D eigenvalue weighted by atomic mass is 10.1. The number of hydrogen-bond acceptors (Lipinski definition) is 5. The molecule has 0 bridgehead atoms. The minimum Gasteiger partial charge on any atom is -0.493 e. The normalized spacial score (nSPS) is 10.0. The van der Waals surface area contributed by atoms with Gasteiger partial charge in [0.05, 0.1) is 25.5 Å². The van der Waals surface area contributed by atoms with E-state index >= 15 is 0 Å². The highest BCUT2D eigenvalue weighted by molar-refractivity contribution is 5.96. The van der Waals surface area contributed by atoms with Crippen molar-refractivity contribution in [3.63, 3.8) is 0 Å². The van der Waals surface area contributed by atoms with Gasteiger partial charge in [0.1, 0.15) is 6.61 Å². The molecule has 0 aromatic heterocycles. The molecular weight excluding hydrogens is 270 g/mol. The van der Waals surface area contributed by atoms with E-state index in [0.717, 1.165) is 5.56 Å². The zero-order chi connectivity index (χ0) is 15.2. The summed E-state index contributed by atoms with van der Waals surface area (Å²) < 4.78 is 15.6. The van der Waals surface area contributed by atoms with Gasteiger partial charge >= 0.3 is 5.97 Å². The molecule has 0 radical (unpaired) electrons. The van der Waals surface area contributed by atoms with Crippen LogP contribution in [0.4, 0.5) is 5.69 Å². The highest BCUT2D eigenvalue weighted by Gasteiger charge is 2.16. The Morgan fingerprint density at radius 3 is 2.43 bits per heavy atom. The van der Waals surface area contributed by atoms with Gasteiger partial charge in [-0.1, -0.05) is 30.3 Å². The fourth-order valence-electron chi connectivity index (χ4n) is 1.87. The monoisotopic (exact) mass is 287 g/mol. The van der Waals surface area contributed by atoms with Gasteiger partial charge < -0.3 is 19.9 Å². The van der Waals surface area contributed by atoms with Gasteiger partial charge in [-0.3, -0.25) is 0 Å². The Morgan fingerprint density at radius 2 is 1.81 bits per heavy atom. The molecule has 0 fully saturated rings. The number of nitrogen functional groups attached to an aromatic ring is 1. The van der Waals surface area contributed by atoms with Crippen molar-refractivity contribution in [2.45, 2.75) is 6.61 Å². The molecular formula is C16H17NO4. The number of carbonyl (C=O) groups excluding carboxylic acids is 1. The molecule has 2 N–H and O–H groups in total. The van der Waals surface area contributed by atoms with Crippen molar-refractivity contribution in [1.82, 2.24) is 0 Å². The predicted molar refractivity (Wildman–Crippen MR) is 79.5 cm³/mol. The summed E-state index contributed by atoms with van der Waals surface area (Å²) in [6.45, 7) is 0.383. The molecule has 0 spiro atoms. The summed E-state index contributed by atoms with van der Waals surface area (Å²) in [5, 5.41) is 0. The van der Waals surface area contributed by atoms with Crippen molar-refractivity contribution in [2.24, 2.45) is 0 Å². The average molecular weight is 287 g/mol. The van der Waals surface area contributed by atoms with Gasteiger partial charge in [0.15, 0.2) is 11.5 Å². The lowest BCUT2D eigenvalue weighted by Crippen LogP contribution is -2.07. The highest BCUT2D eigenvalue weighted by atomic mass is 16.5. The van der Waals surface area contributed by atoms with Crippen LogP contribution in [0.5, 0.6) is 11.5 Å². The van der Waals surface area contributed by atoms with Gasteiger partial charge in [-0.2, -0.15) is 0 Å². The van der Waals surface area contributed by atoms with Crippen molar-refractivity contribution in [3.05, 3.63) is 53.6 Å². The van der Waals surface area contributed by atoms with Crippen LogP contribution in [0, 0.1) is 0 Å². The number of ether oxygens (including phenoxy) is 3. The summed E-state index contributed by atoms with van der Waals surface area (Å²) in [6, 6.07) is 12.8. The van der Waals surface area contributed by atoms with Crippen LogP contribution in [0.15, 0.2) is 42.5 Å². The van der Waals surface area contributed by atoms with Gasteiger partial charge in [-0.05, 0) is 5.56 Å². The molecule has 2 rings (SSSR count). The minimum atomic E-state index is -0.514. The molecule has 5 heteroatoms. The molecule has 0 amide bonds. The van der Waals surface area contributed by atoms with Crippen LogP contribution < -0.4 is 15.2 Å². The van der Waals surface area contributed by atoms with Crippen molar-refractivity contribution in [3.8, 4) is 11.5 Å². The number of carbonyl (C=O) groups is 1. The Balaban J connectivity index is 2.23. The topological polar surface area (TPSA) is 70.8 Å². The minimum absolute atomic E-state index is 0.251. The molecule has 21 heavy (non-hydrogen) atoms. The molecule has 0 unspecified atom stereocenters. The number of benzene rings is 2. The van der Waals surface area contributed by atoms with E-state index in [0.29, 0.717) is 18.1 Å². The maximum atomic E-state index is 11.6. The first-order valence-corrected chi connectivity index (χ1v) is 6.38. The number of hydrogen-bond donors (Lipinski definition) is 1. The van der Waals surface area contributed by atoms with Crippen molar-refractivity contribution in [1.29, 1.82) is 0 Å². The number of esters is 1. The summed E-state index contributed by atoms with van der Waals surface area (Å²) in [7, 11) is 2.80. The molecule has 0 saturated heterocycles. The maximum Gasteiger partial charge on any atom is 0.340 e. The molecule has 2 aromatic rings. The summed E-state index contributed by atoms with van der Waals surface area (Å²) in [5.74, 6) is 0.396. The van der Waals surface area contributed by atoms with Crippen LogP contribution in [-0.2, 0) is 11.3 Å². The highest BCUT2D eigenvalue weighted by Crippen LogP contribution is 2.33. The van der Waals surface area contributed by atoms with E-state index in [-0.39, 0.29) is 11.3 Å². The zero-order valence-corrected chi connectivity index (χ0v) is 12.0. The van der Waals surface area contributed by atoms with Crippen LogP contribution in [-0.4, -0.2) is 20.2 Å². The maximum absolute atomic E-state index is 11.6. The second-order valence-electron chi connectivity index (χ2n) is 4.36. The molecule has 0 aliphatic heterocycles. The zero-order valence-electron chi connectivity index (χ0n) is 12.0. The van der Waals surface area contributed by atoms with E-state index in [9.17, 15) is 4.79 Å². The first kappa shape index (κ1) is 14.7. The molecule has 110 valence electrons. The fourth-order valence-corrected chi connectivity index (χ4v) is 1.87. The molecule has 0 saturated carbocycles. The first-order valence-electron chi connectivity index (χ1n) is 6.38. The first-order chi connectivity index (χ1) is 10.2. The SMILES string of the molecule is COC(=O)c1cc(OC)c(OCc2ccccc2)cc1N. The van der Waals surface area contributed by atoms with Crippen LogP contribution in [0.25, 0.3) is 0 Å². The Kier molecular flexibility index (Phi) is 4.66. The summed E-state index contributed by atoms with van der Waals surface area (Å²) in [4.78, 5) is 11.6. The summed E-state index contributed by atoms with van der Waals surface area (Å²) >= 11 is 0. The molecule has 2 aromatic carbocycles. The van der Waals surface area contributed by atoms with E-state index in [1.807, 2.05) is 30.3 Å². The molecule has 0 aliphatic rings. The van der Waals surface area contributed by atoms with Crippen LogP contribution >= 0.6 is 0 Å². The van der Waals surface area contributed by atoms with Crippen LogP contribution in [0.1, 0.15) is 15.9 Å². The fraction of sp³-hybridized carbons (Fsp3) is 0.188. The Hall–Kier alpha value is -2.69. The standard InChI is InChI=1S/C16H17NO4/c1-19-14-8-12(16(18)20-2)13(17)9-15(14)21-10-11-6-4-3-5-7-11/h3-9H,10,17H2,1-2H3. The van der Waals surface area contributed by atoms with Crippen LogP contribution in [0.3, 0.4) is 0 Å². The third-order valence-corrected chi connectivity index (χ3v) is 2.98. The van der Waals surface area contributed by atoms with Gasteiger partial charge in [0.2, 0.25) is 0 Å². The third kappa shape index (κ3) is 3.45. The number of nitrogens with two attached hydrogens (primary N) is 1. The Morgan fingerprint density at radius 1 is 1.10 bits per heavy atom. The van der Waals surface area contributed by atoms with Crippen LogP contribution in [0.2, 0.25) is 0 Å². The lowest BCUT2D eigenvalue weighted by Gasteiger charge is -2.13. The number of anilines is 1. The average Bonchev–Trinajstić information content (AvgIpc) is 2.53. The Bertz CT molecular complexity index is 626. The number of rotatable bonds is 5. The van der Waals surface area contributed by atoms with Crippen molar-refractivity contribution < 1.29 is 19.0 Å². The second kappa shape index (κ2) is 6.65. The smallest absolute Gasteiger partial charge is 0.340 e. The van der Waals surface area contributed by atoms with Gasteiger partial charge in [0, 0.05) is 12.1 Å². The summed E-state index contributed by atoms with van der Waals surface area (Å²) in [5.41, 5.74) is 7.41. The molecule has 0 aliphatic carbocycles. The number of methoxy groups -OCH3 is 2. The van der Waals surface area contributed by atoms with E-state index in [1.54, 1.807) is 6.07 Å². The molecule has 0 heterocycles. The van der Waals surface area contributed by atoms with Gasteiger partial charge in [-0.15, -0.1) is 0 Å². The van der Waals surface area contributed by atoms with E-state index in [4.69, 9.17) is 15.2 Å². The van der Waals surface area contributed by atoms with Gasteiger partial charge in [0.25, 0.3) is 0 Å². The van der Waals surface area contributed by atoms with E-state index in [1.165, 1.54) is 20.3 Å². The van der Waals surface area contributed by atoms with Gasteiger partial charge in [-0.25, -0.2) is 4.79 Å². The van der Waals surface area contributed by atoms with Crippen molar-refractivity contribution >= 4 is 11.7 Å².